The summed E-state index contributed by atoms with van der Waals surface area (Å²) in [5.41, 5.74) is 5.02. The zero-order chi connectivity index (χ0) is 13.3. The molecule has 2 rings (SSSR count). The van der Waals surface area contributed by atoms with Crippen LogP contribution in [0.4, 0.5) is 17.5 Å². The fraction of sp³-hybridized carbons (Fsp3) is 0.500. The van der Waals surface area contributed by atoms with Crippen LogP contribution in [-0.2, 0) is 9.84 Å². The van der Waals surface area contributed by atoms with Crippen LogP contribution >= 0.6 is 0 Å². The van der Waals surface area contributed by atoms with Gasteiger partial charge in [0.15, 0.2) is 9.84 Å². The van der Waals surface area contributed by atoms with Crippen LogP contribution in [0.25, 0.3) is 0 Å². The molecule has 0 aromatic carbocycles. The number of nitrogens with two attached hydrogens (primary N) is 1. The van der Waals surface area contributed by atoms with Crippen molar-refractivity contribution in [2.75, 3.05) is 22.6 Å². The molecule has 0 spiro atoms. The Morgan fingerprint density at radius 3 is 2.78 bits per heavy atom. The van der Waals surface area contributed by atoms with Crippen molar-refractivity contribution < 1.29 is 13.3 Å². The second kappa shape index (κ2) is 4.37. The maximum absolute atomic E-state index is 11.2. The van der Waals surface area contributed by atoms with Gasteiger partial charge in [-0.2, -0.15) is 4.98 Å². The number of nitrogen functional groups attached to an aromatic ring is 1. The van der Waals surface area contributed by atoms with Gasteiger partial charge in [-0.15, -0.1) is 0 Å². The van der Waals surface area contributed by atoms with Crippen molar-refractivity contribution in [1.82, 2.24) is 9.97 Å². The molecule has 1 unspecified atom stereocenters. The molecule has 18 heavy (non-hydrogen) atoms. The number of anilines is 2. The molecule has 1 aromatic heterocycles. The molecule has 1 aliphatic rings. The molecule has 0 aliphatic carbocycles. The first-order valence-electron chi connectivity index (χ1n) is 5.11. The second-order valence-corrected chi connectivity index (χ2v) is 6.19. The fourth-order valence-corrected chi connectivity index (χ4v) is 3.36. The largest absolute Gasteiger partial charge is 0.378 e. The van der Waals surface area contributed by atoms with Crippen molar-refractivity contribution in [3.8, 4) is 0 Å². The van der Waals surface area contributed by atoms with Gasteiger partial charge >= 0.3 is 5.69 Å². The number of hydrogen-bond donors (Lipinski definition) is 2. The summed E-state index contributed by atoms with van der Waals surface area (Å²) in [6.45, 7) is 0. The average molecular weight is 273 g/mol. The second-order valence-electron chi connectivity index (χ2n) is 3.97. The first-order chi connectivity index (χ1) is 8.37. The number of nitrogens with zero attached hydrogens (tertiary/aromatic N) is 3. The summed E-state index contributed by atoms with van der Waals surface area (Å²) in [6, 6.07) is -0.282. The van der Waals surface area contributed by atoms with Gasteiger partial charge in [0.2, 0.25) is 11.8 Å². The third kappa shape index (κ3) is 2.64. The van der Waals surface area contributed by atoms with E-state index in [0.717, 1.165) is 6.20 Å². The van der Waals surface area contributed by atoms with Gasteiger partial charge in [-0.25, -0.2) is 13.4 Å². The Labute approximate surface area is 102 Å². The van der Waals surface area contributed by atoms with E-state index in [0.29, 0.717) is 6.42 Å². The van der Waals surface area contributed by atoms with E-state index in [1.54, 1.807) is 0 Å². The summed E-state index contributed by atoms with van der Waals surface area (Å²) >= 11 is 0. The molecule has 98 valence electrons. The van der Waals surface area contributed by atoms with Gasteiger partial charge in [0.25, 0.3) is 0 Å². The van der Waals surface area contributed by atoms with Crippen LogP contribution in [0.15, 0.2) is 6.20 Å². The van der Waals surface area contributed by atoms with E-state index in [4.69, 9.17) is 5.73 Å². The van der Waals surface area contributed by atoms with Gasteiger partial charge in [0, 0.05) is 6.04 Å². The Balaban J connectivity index is 2.12. The molecular formula is C8H11N5O4S. The van der Waals surface area contributed by atoms with E-state index in [1.165, 1.54) is 0 Å². The van der Waals surface area contributed by atoms with Crippen LogP contribution in [0.2, 0.25) is 0 Å². The highest BCUT2D eigenvalue weighted by atomic mass is 32.2. The standard InChI is InChI=1S/C8H11N5O4S/c9-7-6(13(14)15)3-10-8(12-7)11-5-1-2-18(16,17)4-5/h3,5H,1-2,4H2,(H3,9,10,11,12). The SMILES string of the molecule is Nc1nc(NC2CCS(=O)(=O)C2)ncc1[N+](=O)[O-]. The maximum Gasteiger partial charge on any atom is 0.329 e. The highest BCUT2D eigenvalue weighted by Crippen LogP contribution is 2.20. The van der Waals surface area contributed by atoms with E-state index in [9.17, 15) is 18.5 Å². The molecule has 1 fully saturated rings. The summed E-state index contributed by atoms with van der Waals surface area (Å²) in [4.78, 5) is 17.3. The molecule has 0 amide bonds. The molecule has 1 atom stereocenters. The fourth-order valence-electron chi connectivity index (χ4n) is 1.69. The minimum Gasteiger partial charge on any atom is -0.378 e. The lowest BCUT2D eigenvalue weighted by Crippen LogP contribution is -2.22. The monoisotopic (exact) mass is 273 g/mol. The van der Waals surface area contributed by atoms with Crippen molar-refractivity contribution in [3.63, 3.8) is 0 Å². The number of sulfone groups is 1. The number of hydrogen-bond acceptors (Lipinski definition) is 8. The molecule has 1 saturated heterocycles. The van der Waals surface area contributed by atoms with Gasteiger partial charge in [-0.05, 0) is 6.42 Å². The highest BCUT2D eigenvalue weighted by molar-refractivity contribution is 7.91. The maximum atomic E-state index is 11.2. The van der Waals surface area contributed by atoms with Crippen molar-refractivity contribution in [2.24, 2.45) is 0 Å². The number of nitrogens with one attached hydrogen (secondary N) is 1. The van der Waals surface area contributed by atoms with Crippen LogP contribution in [0.1, 0.15) is 6.42 Å². The molecule has 9 nitrogen and oxygen atoms in total. The molecule has 3 N–H and O–H groups in total. The third-order valence-corrected chi connectivity index (χ3v) is 4.33. The smallest absolute Gasteiger partial charge is 0.329 e. The number of nitro groups is 1. The zero-order valence-electron chi connectivity index (χ0n) is 9.24. The Bertz CT molecular complexity index is 587. The van der Waals surface area contributed by atoms with Crippen LogP contribution in [0.5, 0.6) is 0 Å². The van der Waals surface area contributed by atoms with Crippen molar-refractivity contribution in [2.45, 2.75) is 12.5 Å². The van der Waals surface area contributed by atoms with Crippen LogP contribution in [0.3, 0.4) is 0 Å². The Morgan fingerprint density at radius 1 is 1.56 bits per heavy atom. The van der Waals surface area contributed by atoms with Crippen LogP contribution in [0, 0.1) is 10.1 Å². The summed E-state index contributed by atoms with van der Waals surface area (Å²) < 4.78 is 22.5. The summed E-state index contributed by atoms with van der Waals surface area (Å²) in [5.74, 6) is -0.0287. The molecular weight excluding hydrogens is 262 g/mol. The molecule has 10 heteroatoms. The van der Waals surface area contributed by atoms with Gasteiger partial charge in [-0.3, -0.25) is 10.1 Å². The first-order valence-corrected chi connectivity index (χ1v) is 6.93. The van der Waals surface area contributed by atoms with E-state index in [1.807, 2.05) is 0 Å². The quantitative estimate of drug-likeness (QED) is 0.558. The zero-order valence-corrected chi connectivity index (χ0v) is 10.1. The van der Waals surface area contributed by atoms with Gasteiger partial charge in [0.05, 0.1) is 16.4 Å². The normalized spacial score (nSPS) is 21.7. The minimum atomic E-state index is -3.00. The lowest BCUT2D eigenvalue weighted by atomic mass is 10.3. The predicted molar refractivity (Wildman–Crippen MR) is 63.8 cm³/mol. The Hall–Kier alpha value is -1.97. The van der Waals surface area contributed by atoms with Crippen LogP contribution in [-0.4, -0.2) is 40.9 Å². The summed E-state index contributed by atoms with van der Waals surface area (Å²) in [5, 5.41) is 13.3. The predicted octanol–water partition coefficient (Wildman–Crippen LogP) is -0.434. The highest BCUT2D eigenvalue weighted by Gasteiger charge is 2.28. The minimum absolute atomic E-state index is 0.00719. The molecule has 1 aromatic rings. The average Bonchev–Trinajstić information content (AvgIpc) is 2.57. The van der Waals surface area contributed by atoms with Gasteiger partial charge < -0.3 is 11.1 Å². The lowest BCUT2D eigenvalue weighted by molar-refractivity contribution is -0.384. The third-order valence-electron chi connectivity index (χ3n) is 2.56. The topological polar surface area (TPSA) is 141 Å². The van der Waals surface area contributed by atoms with Crippen molar-refractivity contribution in [3.05, 3.63) is 16.3 Å². The number of aromatic nitrogens is 2. The van der Waals surface area contributed by atoms with E-state index in [2.05, 4.69) is 15.3 Å². The van der Waals surface area contributed by atoms with Gasteiger partial charge in [0.1, 0.15) is 6.20 Å². The Kier molecular flexibility index (Phi) is 3.03. The summed E-state index contributed by atoms with van der Waals surface area (Å²) in [6.07, 6.45) is 1.46. The van der Waals surface area contributed by atoms with Crippen molar-refractivity contribution in [1.29, 1.82) is 0 Å². The molecule has 0 saturated carbocycles. The lowest BCUT2D eigenvalue weighted by Gasteiger charge is -2.10. The number of rotatable bonds is 3. The van der Waals surface area contributed by atoms with E-state index in [-0.39, 0.29) is 35.0 Å². The van der Waals surface area contributed by atoms with Crippen LogP contribution < -0.4 is 11.1 Å². The van der Waals surface area contributed by atoms with Crippen molar-refractivity contribution >= 4 is 27.3 Å². The first kappa shape index (κ1) is 12.5. The van der Waals surface area contributed by atoms with E-state index < -0.39 is 14.8 Å². The molecule has 2 heterocycles. The van der Waals surface area contributed by atoms with Gasteiger partial charge in [-0.1, -0.05) is 0 Å². The summed E-state index contributed by atoms with van der Waals surface area (Å²) in [7, 11) is -3.00. The molecule has 0 radical (unpaired) electrons. The molecule has 0 bridgehead atoms. The Morgan fingerprint density at radius 2 is 2.28 bits per heavy atom. The van der Waals surface area contributed by atoms with E-state index >= 15 is 0 Å². The molecule has 1 aliphatic heterocycles.